The van der Waals surface area contributed by atoms with Crippen molar-refractivity contribution in [3.05, 3.63) is 52.6 Å². The van der Waals surface area contributed by atoms with Crippen LogP contribution < -0.4 is 0 Å². The molecule has 0 aliphatic heterocycles. The smallest absolute Gasteiger partial charge is 0.223 e. The van der Waals surface area contributed by atoms with Crippen molar-refractivity contribution >= 4 is 23.2 Å². The highest BCUT2D eigenvalue weighted by Crippen LogP contribution is 2.23. The number of rotatable bonds is 2. The van der Waals surface area contributed by atoms with Crippen molar-refractivity contribution in [2.24, 2.45) is 0 Å². The first kappa shape index (κ1) is 12.1. The van der Waals surface area contributed by atoms with Gasteiger partial charge in [0.15, 0.2) is 0 Å². The van der Waals surface area contributed by atoms with Crippen LogP contribution in [-0.4, -0.2) is 25.2 Å². The van der Waals surface area contributed by atoms with E-state index in [1.807, 2.05) is 18.2 Å². The molecule has 0 aliphatic carbocycles. The molecular weight excluding hydrogens is 285 g/mol. The minimum Gasteiger partial charge on any atom is -0.253 e. The summed E-state index contributed by atoms with van der Waals surface area (Å²) in [5, 5.41) is 13.2. The molecule has 0 saturated carbocycles. The maximum absolute atomic E-state index is 6.09. The molecule has 2 heterocycles. The summed E-state index contributed by atoms with van der Waals surface area (Å²) in [6.45, 7) is 0. The summed E-state index contributed by atoms with van der Waals surface area (Å²) in [6, 6.07) is 10.6. The second-order valence-electron chi connectivity index (χ2n) is 3.71. The number of hydrogen-bond acceptors (Lipinski definition) is 4. The predicted octanol–water partition coefficient (Wildman–Crippen LogP) is 3.03. The Kier molecular flexibility index (Phi) is 3.15. The summed E-state index contributed by atoms with van der Waals surface area (Å²) in [5.41, 5.74) is 1.26. The second-order valence-corrected chi connectivity index (χ2v) is 4.56. The van der Waals surface area contributed by atoms with Crippen molar-refractivity contribution < 1.29 is 0 Å². The lowest BCUT2D eigenvalue weighted by Gasteiger charge is -2.01. The van der Waals surface area contributed by atoms with E-state index in [2.05, 4.69) is 20.4 Å². The number of tetrazole rings is 1. The number of hydrogen-bond donors (Lipinski definition) is 0. The third kappa shape index (κ3) is 2.43. The summed E-state index contributed by atoms with van der Waals surface area (Å²) >= 11 is 11.9. The number of aromatic nitrogens is 5. The Bertz CT molecular complexity index is 711. The lowest BCUT2D eigenvalue weighted by molar-refractivity contribution is 0.720. The van der Waals surface area contributed by atoms with E-state index in [-0.39, 0.29) is 0 Å². The van der Waals surface area contributed by atoms with Gasteiger partial charge in [0.05, 0.1) is 5.02 Å². The van der Waals surface area contributed by atoms with Crippen molar-refractivity contribution in [1.82, 2.24) is 25.2 Å². The Balaban J connectivity index is 2.02. The number of nitrogens with zero attached hydrogens (tertiary/aromatic N) is 5. The van der Waals surface area contributed by atoms with Crippen LogP contribution in [0.25, 0.3) is 17.2 Å². The Morgan fingerprint density at radius 3 is 2.68 bits per heavy atom. The van der Waals surface area contributed by atoms with Gasteiger partial charge in [-0.3, -0.25) is 4.98 Å². The molecule has 0 atom stereocenters. The highest BCUT2D eigenvalue weighted by Gasteiger charge is 2.10. The maximum Gasteiger partial charge on any atom is 0.223 e. The van der Waals surface area contributed by atoms with Crippen LogP contribution in [0.3, 0.4) is 0 Å². The fourth-order valence-corrected chi connectivity index (χ4v) is 2.04. The molecule has 0 spiro atoms. The summed E-state index contributed by atoms with van der Waals surface area (Å²) in [7, 11) is 0. The summed E-state index contributed by atoms with van der Waals surface area (Å²) in [6.07, 6.45) is 1.67. The third-order valence-corrected chi connectivity index (χ3v) is 2.97. The van der Waals surface area contributed by atoms with Crippen molar-refractivity contribution in [1.29, 1.82) is 0 Å². The Morgan fingerprint density at radius 2 is 1.95 bits per heavy atom. The molecule has 3 aromatic rings. The molecule has 0 bridgehead atoms. The van der Waals surface area contributed by atoms with E-state index in [1.54, 1.807) is 24.4 Å². The van der Waals surface area contributed by atoms with Crippen LogP contribution in [0.15, 0.2) is 42.6 Å². The molecule has 3 rings (SSSR count). The van der Waals surface area contributed by atoms with Gasteiger partial charge in [-0.05, 0) is 35.5 Å². The second kappa shape index (κ2) is 4.95. The van der Waals surface area contributed by atoms with Crippen LogP contribution in [0.4, 0.5) is 0 Å². The lowest BCUT2D eigenvalue weighted by atomic mass is 10.3. The molecule has 19 heavy (non-hydrogen) atoms. The van der Waals surface area contributed by atoms with E-state index in [1.165, 1.54) is 4.80 Å². The van der Waals surface area contributed by atoms with E-state index in [0.29, 0.717) is 27.3 Å². The molecule has 0 aliphatic rings. The summed E-state index contributed by atoms with van der Waals surface area (Å²) < 4.78 is 0. The largest absolute Gasteiger partial charge is 0.253 e. The van der Waals surface area contributed by atoms with Crippen LogP contribution in [0, 0.1) is 0 Å². The molecule has 0 amide bonds. The molecule has 0 N–H and O–H groups in total. The van der Waals surface area contributed by atoms with E-state index >= 15 is 0 Å². The SMILES string of the molecule is Clc1ccc(-n2nnc(-c3ccccn3)n2)c(Cl)c1. The molecule has 7 heteroatoms. The van der Waals surface area contributed by atoms with Gasteiger partial charge in [0, 0.05) is 11.2 Å². The highest BCUT2D eigenvalue weighted by atomic mass is 35.5. The monoisotopic (exact) mass is 291 g/mol. The average Bonchev–Trinajstić information content (AvgIpc) is 2.89. The van der Waals surface area contributed by atoms with Gasteiger partial charge in [0.25, 0.3) is 0 Å². The molecule has 2 aromatic heterocycles. The van der Waals surface area contributed by atoms with Crippen molar-refractivity contribution in [2.75, 3.05) is 0 Å². The van der Waals surface area contributed by atoms with Gasteiger partial charge in [-0.1, -0.05) is 29.3 Å². The van der Waals surface area contributed by atoms with Gasteiger partial charge >= 0.3 is 0 Å². The van der Waals surface area contributed by atoms with Gasteiger partial charge in [-0.2, -0.15) is 0 Å². The van der Waals surface area contributed by atoms with Gasteiger partial charge in [0.1, 0.15) is 11.4 Å². The van der Waals surface area contributed by atoms with Crippen molar-refractivity contribution in [3.63, 3.8) is 0 Å². The molecular formula is C12H7Cl2N5. The molecule has 0 unspecified atom stereocenters. The van der Waals surface area contributed by atoms with Gasteiger partial charge in [-0.25, -0.2) is 0 Å². The van der Waals surface area contributed by atoms with Gasteiger partial charge < -0.3 is 0 Å². The van der Waals surface area contributed by atoms with Crippen molar-refractivity contribution in [2.45, 2.75) is 0 Å². The molecule has 0 saturated heterocycles. The van der Waals surface area contributed by atoms with Crippen molar-refractivity contribution in [3.8, 4) is 17.2 Å². The van der Waals surface area contributed by atoms with Crippen LogP contribution in [0.1, 0.15) is 0 Å². The topological polar surface area (TPSA) is 56.5 Å². The van der Waals surface area contributed by atoms with Gasteiger partial charge in [0.2, 0.25) is 5.82 Å². The first-order chi connectivity index (χ1) is 9.24. The molecule has 1 aromatic carbocycles. The quantitative estimate of drug-likeness (QED) is 0.728. The summed E-state index contributed by atoms with van der Waals surface area (Å²) in [4.78, 5) is 5.51. The van der Waals surface area contributed by atoms with E-state index in [4.69, 9.17) is 23.2 Å². The first-order valence-electron chi connectivity index (χ1n) is 5.41. The normalized spacial score (nSPS) is 10.6. The third-order valence-electron chi connectivity index (χ3n) is 2.43. The number of benzene rings is 1. The highest BCUT2D eigenvalue weighted by molar-refractivity contribution is 6.35. The fraction of sp³-hybridized carbons (Fsp3) is 0. The first-order valence-corrected chi connectivity index (χ1v) is 6.16. The minimum atomic E-state index is 0.437. The summed E-state index contributed by atoms with van der Waals surface area (Å²) in [5.74, 6) is 0.437. The molecule has 94 valence electrons. The fourth-order valence-electron chi connectivity index (χ4n) is 1.56. The zero-order valence-electron chi connectivity index (χ0n) is 9.53. The standard InChI is InChI=1S/C12H7Cl2N5/c13-8-4-5-11(9(14)7-8)19-17-12(16-18-19)10-3-1-2-6-15-10/h1-7H. The molecule has 0 fully saturated rings. The van der Waals surface area contributed by atoms with Gasteiger partial charge in [-0.15, -0.1) is 15.0 Å². The Labute approximate surface area is 118 Å². The number of halogens is 2. The van der Waals surface area contributed by atoms with E-state index in [0.717, 1.165) is 0 Å². The van der Waals surface area contributed by atoms with Crippen LogP contribution in [-0.2, 0) is 0 Å². The molecule has 5 nitrogen and oxygen atoms in total. The van der Waals surface area contributed by atoms with E-state index < -0.39 is 0 Å². The Morgan fingerprint density at radius 1 is 1.05 bits per heavy atom. The van der Waals surface area contributed by atoms with E-state index in [9.17, 15) is 0 Å². The zero-order chi connectivity index (χ0) is 13.2. The van der Waals surface area contributed by atoms with Crippen LogP contribution >= 0.6 is 23.2 Å². The van der Waals surface area contributed by atoms with Crippen LogP contribution in [0.5, 0.6) is 0 Å². The lowest BCUT2D eigenvalue weighted by Crippen LogP contribution is -1.99. The number of pyridine rings is 1. The minimum absolute atomic E-state index is 0.437. The predicted molar refractivity (Wildman–Crippen MR) is 72.4 cm³/mol. The molecule has 0 radical (unpaired) electrons. The van der Waals surface area contributed by atoms with Crippen LogP contribution in [0.2, 0.25) is 10.0 Å². The Hall–Kier alpha value is -1.98. The zero-order valence-corrected chi connectivity index (χ0v) is 11.0. The maximum atomic E-state index is 6.09. The average molecular weight is 292 g/mol.